The van der Waals surface area contributed by atoms with E-state index < -0.39 is 6.04 Å². The second-order valence-electron chi connectivity index (χ2n) is 6.22. The number of methoxy groups -OCH3 is 2. The molecule has 28 heavy (non-hydrogen) atoms. The second kappa shape index (κ2) is 8.43. The van der Waals surface area contributed by atoms with E-state index in [2.05, 4.69) is 10.3 Å². The number of rotatable bonds is 7. The summed E-state index contributed by atoms with van der Waals surface area (Å²) in [5.74, 6) is 0.786. The van der Waals surface area contributed by atoms with Crippen molar-refractivity contribution in [1.29, 1.82) is 0 Å². The van der Waals surface area contributed by atoms with Gasteiger partial charge in [-0.3, -0.25) is 14.2 Å². The summed E-state index contributed by atoms with van der Waals surface area (Å²) < 4.78 is 11.9. The van der Waals surface area contributed by atoms with Gasteiger partial charge in [-0.2, -0.15) is 0 Å². The SMILES string of the molecule is CCc1cc2c(=O)n(C(CC)C(=O)Nc3cc(OC)ccc3OC)cnc2s1. The molecular formula is C20H23N3O4S. The van der Waals surface area contributed by atoms with Crippen molar-refractivity contribution in [2.75, 3.05) is 19.5 Å². The van der Waals surface area contributed by atoms with Gasteiger partial charge in [0.1, 0.15) is 22.4 Å². The van der Waals surface area contributed by atoms with Crippen LogP contribution in [0.3, 0.4) is 0 Å². The number of hydrogen-bond acceptors (Lipinski definition) is 6. The number of benzene rings is 1. The van der Waals surface area contributed by atoms with E-state index in [1.165, 1.54) is 29.3 Å². The van der Waals surface area contributed by atoms with Crippen molar-refractivity contribution < 1.29 is 14.3 Å². The number of amides is 1. The van der Waals surface area contributed by atoms with Gasteiger partial charge in [0.2, 0.25) is 5.91 Å². The van der Waals surface area contributed by atoms with Crippen molar-refractivity contribution in [2.24, 2.45) is 0 Å². The first kappa shape index (κ1) is 19.9. The van der Waals surface area contributed by atoms with E-state index in [1.54, 1.807) is 25.3 Å². The highest BCUT2D eigenvalue weighted by Crippen LogP contribution is 2.30. The Hall–Kier alpha value is -2.87. The molecule has 1 amide bonds. The Morgan fingerprint density at radius 3 is 2.68 bits per heavy atom. The monoisotopic (exact) mass is 401 g/mol. The first-order valence-electron chi connectivity index (χ1n) is 9.04. The summed E-state index contributed by atoms with van der Waals surface area (Å²) in [6, 6.07) is 6.31. The van der Waals surface area contributed by atoms with Crippen LogP contribution in [-0.2, 0) is 11.2 Å². The number of anilines is 1. The lowest BCUT2D eigenvalue weighted by Gasteiger charge is -2.19. The zero-order valence-corrected chi connectivity index (χ0v) is 17.1. The van der Waals surface area contributed by atoms with Crippen molar-refractivity contribution in [3.63, 3.8) is 0 Å². The summed E-state index contributed by atoms with van der Waals surface area (Å²) in [5.41, 5.74) is 0.275. The van der Waals surface area contributed by atoms with Crippen LogP contribution in [0.15, 0.2) is 35.4 Å². The van der Waals surface area contributed by atoms with Gasteiger partial charge in [0.05, 0.1) is 31.6 Å². The Morgan fingerprint density at radius 2 is 2.04 bits per heavy atom. The zero-order chi connectivity index (χ0) is 20.3. The molecule has 0 saturated carbocycles. The molecule has 0 spiro atoms. The quantitative estimate of drug-likeness (QED) is 0.654. The molecule has 2 heterocycles. The fraction of sp³-hybridized carbons (Fsp3) is 0.350. The number of aromatic nitrogens is 2. The molecule has 0 aliphatic rings. The molecule has 1 unspecified atom stereocenters. The van der Waals surface area contributed by atoms with Gasteiger partial charge >= 0.3 is 0 Å². The lowest BCUT2D eigenvalue weighted by atomic mass is 10.2. The molecule has 0 saturated heterocycles. The second-order valence-corrected chi connectivity index (χ2v) is 7.34. The Kier molecular flexibility index (Phi) is 5.99. The first-order chi connectivity index (χ1) is 13.5. The predicted octanol–water partition coefficient (Wildman–Crippen LogP) is 3.63. The molecule has 1 N–H and O–H groups in total. The highest BCUT2D eigenvalue weighted by atomic mass is 32.1. The third kappa shape index (κ3) is 3.73. The molecule has 1 aromatic carbocycles. The van der Waals surface area contributed by atoms with Gasteiger partial charge in [0.25, 0.3) is 5.56 Å². The van der Waals surface area contributed by atoms with E-state index in [1.807, 2.05) is 19.9 Å². The minimum Gasteiger partial charge on any atom is -0.497 e. The van der Waals surface area contributed by atoms with Crippen molar-refractivity contribution in [3.05, 3.63) is 45.8 Å². The number of thiophene rings is 1. The van der Waals surface area contributed by atoms with Gasteiger partial charge in [0, 0.05) is 10.9 Å². The van der Waals surface area contributed by atoms with Crippen molar-refractivity contribution in [2.45, 2.75) is 32.7 Å². The van der Waals surface area contributed by atoms with Gasteiger partial charge in [0.15, 0.2) is 0 Å². The van der Waals surface area contributed by atoms with Gasteiger partial charge in [-0.25, -0.2) is 4.98 Å². The van der Waals surface area contributed by atoms with E-state index in [9.17, 15) is 9.59 Å². The van der Waals surface area contributed by atoms with Gasteiger partial charge < -0.3 is 14.8 Å². The van der Waals surface area contributed by atoms with Gasteiger partial charge in [-0.05, 0) is 31.0 Å². The van der Waals surface area contributed by atoms with Gasteiger partial charge in [-0.1, -0.05) is 13.8 Å². The first-order valence-corrected chi connectivity index (χ1v) is 9.86. The van der Waals surface area contributed by atoms with Crippen molar-refractivity contribution in [1.82, 2.24) is 9.55 Å². The van der Waals surface area contributed by atoms with E-state index in [0.29, 0.717) is 33.8 Å². The molecule has 148 valence electrons. The van der Waals surface area contributed by atoms with Crippen molar-refractivity contribution in [3.8, 4) is 11.5 Å². The number of aryl methyl sites for hydroxylation is 1. The van der Waals surface area contributed by atoms with E-state index in [0.717, 1.165) is 11.3 Å². The molecule has 3 rings (SSSR count). The van der Waals surface area contributed by atoms with Crippen LogP contribution in [-0.4, -0.2) is 29.7 Å². The van der Waals surface area contributed by atoms with E-state index in [4.69, 9.17) is 9.47 Å². The highest BCUT2D eigenvalue weighted by Gasteiger charge is 2.23. The fourth-order valence-electron chi connectivity index (χ4n) is 3.02. The predicted molar refractivity (Wildman–Crippen MR) is 111 cm³/mol. The van der Waals surface area contributed by atoms with E-state index in [-0.39, 0.29) is 11.5 Å². The van der Waals surface area contributed by atoms with Crippen LogP contribution in [0.5, 0.6) is 11.5 Å². The molecule has 3 aromatic rings. The molecule has 7 nitrogen and oxygen atoms in total. The maximum atomic E-state index is 13.0. The maximum absolute atomic E-state index is 13.0. The Balaban J connectivity index is 1.95. The van der Waals surface area contributed by atoms with Crippen LogP contribution in [0.25, 0.3) is 10.2 Å². The Bertz CT molecular complexity index is 1060. The molecule has 0 radical (unpaired) electrons. The number of ether oxygens (including phenoxy) is 2. The molecule has 0 bridgehead atoms. The molecule has 1 atom stereocenters. The minimum absolute atomic E-state index is 0.208. The standard InChI is InChI=1S/C20H23N3O4S/c1-5-13-10-14-19(28-13)21-11-23(20(14)25)16(6-2)18(24)22-15-9-12(26-3)7-8-17(15)27-4/h7-11,16H,5-6H2,1-4H3,(H,22,24). The topological polar surface area (TPSA) is 82.5 Å². The Labute approximate surface area is 166 Å². The summed E-state index contributed by atoms with van der Waals surface area (Å²) in [6.07, 6.45) is 2.74. The average molecular weight is 401 g/mol. The summed E-state index contributed by atoms with van der Waals surface area (Å²) in [5, 5.41) is 3.40. The summed E-state index contributed by atoms with van der Waals surface area (Å²) in [4.78, 5) is 32.1. The van der Waals surface area contributed by atoms with Gasteiger partial charge in [-0.15, -0.1) is 11.3 Å². The number of nitrogens with zero attached hydrogens (tertiary/aromatic N) is 2. The zero-order valence-electron chi connectivity index (χ0n) is 16.3. The minimum atomic E-state index is -0.690. The summed E-state index contributed by atoms with van der Waals surface area (Å²) in [6.45, 7) is 3.89. The van der Waals surface area contributed by atoms with Crippen molar-refractivity contribution >= 4 is 33.1 Å². The smallest absolute Gasteiger partial charge is 0.262 e. The third-order valence-electron chi connectivity index (χ3n) is 4.57. The maximum Gasteiger partial charge on any atom is 0.262 e. The highest BCUT2D eigenvalue weighted by molar-refractivity contribution is 7.18. The van der Waals surface area contributed by atoms with Crippen LogP contribution in [0, 0.1) is 0 Å². The number of fused-ring (bicyclic) bond motifs is 1. The number of hydrogen-bond donors (Lipinski definition) is 1. The number of carbonyl (C=O) groups is 1. The molecule has 8 heteroatoms. The summed E-state index contributed by atoms with van der Waals surface area (Å²) >= 11 is 1.50. The van der Waals surface area contributed by atoms with Crippen LogP contribution in [0.2, 0.25) is 0 Å². The fourth-order valence-corrected chi connectivity index (χ4v) is 3.94. The average Bonchev–Trinajstić information content (AvgIpc) is 3.14. The lowest BCUT2D eigenvalue weighted by molar-refractivity contribution is -0.119. The third-order valence-corrected chi connectivity index (χ3v) is 5.75. The van der Waals surface area contributed by atoms with E-state index >= 15 is 0 Å². The van der Waals surface area contributed by atoms with Crippen LogP contribution in [0.1, 0.15) is 31.2 Å². The normalized spacial score (nSPS) is 12.0. The molecule has 0 fully saturated rings. The molecular weight excluding hydrogens is 378 g/mol. The molecule has 0 aliphatic heterocycles. The number of carbonyl (C=O) groups excluding carboxylic acids is 1. The molecule has 2 aromatic heterocycles. The van der Waals surface area contributed by atoms with Crippen LogP contribution < -0.4 is 20.3 Å². The van der Waals surface area contributed by atoms with Crippen LogP contribution >= 0.6 is 11.3 Å². The summed E-state index contributed by atoms with van der Waals surface area (Å²) in [7, 11) is 3.08. The van der Waals surface area contributed by atoms with Crippen LogP contribution in [0.4, 0.5) is 5.69 Å². The Morgan fingerprint density at radius 1 is 1.25 bits per heavy atom. The number of nitrogens with one attached hydrogen (secondary N) is 1. The lowest BCUT2D eigenvalue weighted by Crippen LogP contribution is -2.33. The largest absolute Gasteiger partial charge is 0.497 e. The molecule has 0 aliphatic carbocycles.